The molecule has 4 heteroatoms. The number of likely N-dealkylation sites (tertiary alicyclic amines) is 2. The first-order valence-electron chi connectivity index (χ1n) is 9.80. The van der Waals surface area contributed by atoms with Crippen LogP contribution in [-0.4, -0.2) is 48.9 Å². The highest BCUT2D eigenvalue weighted by Gasteiger charge is 2.23. The second-order valence-corrected chi connectivity index (χ2v) is 8.87. The SMILES string of the molecule is Cc1cc(-c2ccc(C3CCN(C)CC3)cc2)sc1C(=O)N1CCCC1. The Hall–Kier alpha value is -1.65. The molecule has 0 bridgehead atoms. The molecule has 0 radical (unpaired) electrons. The topological polar surface area (TPSA) is 23.6 Å². The number of nitrogens with zero attached hydrogens (tertiary/aromatic N) is 2. The number of amides is 1. The molecule has 1 aromatic heterocycles. The van der Waals surface area contributed by atoms with Crippen molar-refractivity contribution in [2.24, 2.45) is 0 Å². The van der Waals surface area contributed by atoms with Gasteiger partial charge in [0.1, 0.15) is 0 Å². The van der Waals surface area contributed by atoms with Crippen LogP contribution in [0.5, 0.6) is 0 Å². The van der Waals surface area contributed by atoms with Gasteiger partial charge in [0.2, 0.25) is 0 Å². The van der Waals surface area contributed by atoms with E-state index in [1.807, 2.05) is 4.90 Å². The second-order valence-electron chi connectivity index (χ2n) is 7.82. The molecule has 4 rings (SSSR count). The Balaban J connectivity index is 1.51. The van der Waals surface area contributed by atoms with Crippen LogP contribution in [0.1, 0.15) is 52.4 Å². The molecule has 0 saturated carbocycles. The van der Waals surface area contributed by atoms with Crippen molar-refractivity contribution in [3.8, 4) is 10.4 Å². The fourth-order valence-corrected chi connectivity index (χ4v) is 5.31. The van der Waals surface area contributed by atoms with E-state index in [0.717, 1.165) is 36.4 Å². The predicted octanol–water partition coefficient (Wildman–Crippen LogP) is 4.77. The lowest BCUT2D eigenvalue weighted by atomic mass is 9.89. The van der Waals surface area contributed by atoms with Gasteiger partial charge < -0.3 is 9.80 Å². The zero-order valence-electron chi connectivity index (χ0n) is 15.8. The molecule has 2 fully saturated rings. The van der Waals surface area contributed by atoms with E-state index in [9.17, 15) is 4.79 Å². The van der Waals surface area contributed by atoms with Crippen LogP contribution >= 0.6 is 11.3 Å². The second kappa shape index (κ2) is 7.53. The van der Waals surface area contributed by atoms with E-state index in [2.05, 4.69) is 49.2 Å². The zero-order valence-corrected chi connectivity index (χ0v) is 16.6. The third kappa shape index (κ3) is 3.58. The van der Waals surface area contributed by atoms with E-state index in [-0.39, 0.29) is 5.91 Å². The zero-order chi connectivity index (χ0) is 18.1. The van der Waals surface area contributed by atoms with Crippen LogP contribution in [0.4, 0.5) is 0 Å². The first kappa shape index (κ1) is 17.7. The minimum absolute atomic E-state index is 0.221. The van der Waals surface area contributed by atoms with Gasteiger partial charge in [-0.05, 0) is 81.4 Å². The molecule has 0 unspecified atom stereocenters. The number of piperidine rings is 1. The lowest BCUT2D eigenvalue weighted by Gasteiger charge is -2.29. The van der Waals surface area contributed by atoms with Crippen molar-refractivity contribution >= 4 is 17.2 Å². The van der Waals surface area contributed by atoms with Gasteiger partial charge in [0.05, 0.1) is 4.88 Å². The normalized spacial score (nSPS) is 19.2. The van der Waals surface area contributed by atoms with Crippen molar-refractivity contribution in [1.82, 2.24) is 9.80 Å². The van der Waals surface area contributed by atoms with Crippen molar-refractivity contribution < 1.29 is 4.79 Å². The Morgan fingerprint density at radius 3 is 2.35 bits per heavy atom. The van der Waals surface area contributed by atoms with Gasteiger partial charge in [-0.25, -0.2) is 0 Å². The predicted molar refractivity (Wildman–Crippen MR) is 109 cm³/mol. The summed E-state index contributed by atoms with van der Waals surface area (Å²) in [5, 5.41) is 0. The highest BCUT2D eigenvalue weighted by atomic mass is 32.1. The van der Waals surface area contributed by atoms with Crippen LogP contribution in [0.15, 0.2) is 30.3 Å². The monoisotopic (exact) mass is 368 g/mol. The molecular formula is C22H28N2OS. The van der Waals surface area contributed by atoms with Crippen LogP contribution in [0, 0.1) is 6.92 Å². The number of thiophene rings is 1. The Kier molecular flexibility index (Phi) is 5.14. The smallest absolute Gasteiger partial charge is 0.264 e. The van der Waals surface area contributed by atoms with Crippen LogP contribution in [0.25, 0.3) is 10.4 Å². The first-order chi connectivity index (χ1) is 12.6. The van der Waals surface area contributed by atoms with Crippen molar-refractivity contribution in [1.29, 1.82) is 0 Å². The maximum Gasteiger partial charge on any atom is 0.264 e. The Bertz CT molecular complexity index is 766. The summed E-state index contributed by atoms with van der Waals surface area (Å²) < 4.78 is 0. The van der Waals surface area contributed by atoms with Gasteiger partial charge in [-0.3, -0.25) is 4.79 Å². The summed E-state index contributed by atoms with van der Waals surface area (Å²) in [4.78, 5) is 19.3. The molecule has 2 aromatic rings. The maximum atomic E-state index is 12.7. The number of benzene rings is 1. The molecule has 3 nitrogen and oxygen atoms in total. The summed E-state index contributed by atoms with van der Waals surface area (Å²) in [5.41, 5.74) is 3.81. The minimum Gasteiger partial charge on any atom is -0.338 e. The molecule has 2 aliphatic heterocycles. The highest BCUT2D eigenvalue weighted by Crippen LogP contribution is 2.34. The van der Waals surface area contributed by atoms with Gasteiger partial charge in [-0.15, -0.1) is 11.3 Å². The van der Waals surface area contributed by atoms with Gasteiger partial charge in [0.15, 0.2) is 0 Å². The average Bonchev–Trinajstić information content (AvgIpc) is 3.32. The van der Waals surface area contributed by atoms with Crippen molar-refractivity contribution in [2.45, 2.75) is 38.5 Å². The van der Waals surface area contributed by atoms with Crippen LogP contribution < -0.4 is 0 Å². The van der Waals surface area contributed by atoms with E-state index in [1.54, 1.807) is 11.3 Å². The number of carbonyl (C=O) groups is 1. The van der Waals surface area contributed by atoms with E-state index in [4.69, 9.17) is 0 Å². The van der Waals surface area contributed by atoms with Crippen LogP contribution in [0.3, 0.4) is 0 Å². The summed E-state index contributed by atoms with van der Waals surface area (Å²) in [6, 6.07) is 11.2. The number of rotatable bonds is 3. The lowest BCUT2D eigenvalue weighted by molar-refractivity contribution is 0.0797. The van der Waals surface area contributed by atoms with Gasteiger partial charge in [-0.2, -0.15) is 0 Å². The molecule has 0 atom stereocenters. The molecule has 138 valence electrons. The summed E-state index contributed by atoms with van der Waals surface area (Å²) in [6.07, 6.45) is 4.79. The number of aryl methyl sites for hydroxylation is 1. The molecule has 1 amide bonds. The number of hydrogen-bond donors (Lipinski definition) is 0. The van der Waals surface area contributed by atoms with Crippen molar-refractivity contribution in [3.05, 3.63) is 46.3 Å². The molecule has 1 aromatic carbocycles. The minimum atomic E-state index is 0.221. The van der Waals surface area contributed by atoms with Gasteiger partial charge >= 0.3 is 0 Å². The summed E-state index contributed by atoms with van der Waals surface area (Å²) in [5.74, 6) is 0.914. The van der Waals surface area contributed by atoms with Gasteiger partial charge in [0, 0.05) is 18.0 Å². The third-order valence-electron chi connectivity index (χ3n) is 5.89. The standard InChI is InChI=1S/C22H28N2OS/c1-16-15-20(26-21(16)22(25)24-11-3-4-12-24)19-7-5-17(6-8-19)18-9-13-23(2)14-10-18/h5-8,15,18H,3-4,9-14H2,1-2H3. The van der Waals surface area contributed by atoms with Gasteiger partial charge in [-0.1, -0.05) is 24.3 Å². The molecule has 3 heterocycles. The Morgan fingerprint density at radius 2 is 1.69 bits per heavy atom. The molecule has 2 saturated heterocycles. The maximum absolute atomic E-state index is 12.7. The van der Waals surface area contributed by atoms with Crippen LogP contribution in [-0.2, 0) is 0 Å². The van der Waals surface area contributed by atoms with E-state index < -0.39 is 0 Å². The van der Waals surface area contributed by atoms with Crippen molar-refractivity contribution in [3.63, 3.8) is 0 Å². The molecular weight excluding hydrogens is 340 g/mol. The molecule has 0 N–H and O–H groups in total. The molecule has 0 aliphatic carbocycles. The van der Waals surface area contributed by atoms with E-state index in [0.29, 0.717) is 5.92 Å². The average molecular weight is 369 g/mol. The third-order valence-corrected chi connectivity index (χ3v) is 7.16. The number of hydrogen-bond acceptors (Lipinski definition) is 3. The fraction of sp³-hybridized carbons (Fsp3) is 0.500. The Labute approximate surface area is 160 Å². The van der Waals surface area contributed by atoms with E-state index >= 15 is 0 Å². The quantitative estimate of drug-likeness (QED) is 0.779. The fourth-order valence-electron chi connectivity index (χ4n) is 4.16. The van der Waals surface area contributed by atoms with Gasteiger partial charge in [0.25, 0.3) is 5.91 Å². The number of carbonyl (C=O) groups excluding carboxylic acids is 1. The summed E-state index contributed by atoms with van der Waals surface area (Å²) >= 11 is 1.65. The highest BCUT2D eigenvalue weighted by molar-refractivity contribution is 7.17. The molecule has 0 spiro atoms. The van der Waals surface area contributed by atoms with E-state index in [1.165, 1.54) is 41.9 Å². The summed E-state index contributed by atoms with van der Waals surface area (Å²) in [7, 11) is 2.21. The van der Waals surface area contributed by atoms with Crippen LogP contribution in [0.2, 0.25) is 0 Å². The molecule has 26 heavy (non-hydrogen) atoms. The molecule has 2 aliphatic rings. The summed E-state index contributed by atoms with van der Waals surface area (Å²) in [6.45, 7) is 6.28. The first-order valence-corrected chi connectivity index (χ1v) is 10.6. The lowest BCUT2D eigenvalue weighted by Crippen LogP contribution is -2.29. The Morgan fingerprint density at radius 1 is 1.04 bits per heavy atom. The van der Waals surface area contributed by atoms with Crippen molar-refractivity contribution in [2.75, 3.05) is 33.2 Å². The largest absolute Gasteiger partial charge is 0.338 e.